The van der Waals surface area contributed by atoms with Gasteiger partial charge in [0.25, 0.3) is 0 Å². The van der Waals surface area contributed by atoms with E-state index in [1.165, 1.54) is 0 Å². The Morgan fingerprint density at radius 2 is 1.50 bits per heavy atom. The molecule has 1 heterocycles. The highest BCUT2D eigenvalue weighted by molar-refractivity contribution is 5.92. The molecule has 0 amide bonds. The second-order valence-electron chi connectivity index (χ2n) is 9.00. The molecule has 0 aromatic rings. The summed E-state index contributed by atoms with van der Waals surface area (Å²) in [4.78, 5) is 25.2. The zero-order valence-electron chi connectivity index (χ0n) is 15.8. The first-order valence-corrected chi connectivity index (χ1v) is 8.60. The monoisotopic (exact) mass is 310 g/mol. The molecular formula is C19H34O3. The Morgan fingerprint density at radius 1 is 0.955 bits per heavy atom. The Labute approximate surface area is 136 Å². The second kappa shape index (κ2) is 5.98. The molecule has 1 rings (SSSR count). The van der Waals surface area contributed by atoms with Crippen LogP contribution < -0.4 is 0 Å². The normalized spacial score (nSPS) is 30.9. The van der Waals surface area contributed by atoms with Crippen molar-refractivity contribution in [3.63, 3.8) is 0 Å². The second-order valence-corrected chi connectivity index (χ2v) is 9.00. The van der Waals surface area contributed by atoms with Gasteiger partial charge in [-0.3, -0.25) is 9.59 Å². The average Bonchev–Trinajstić information content (AvgIpc) is 2.50. The fraction of sp³-hybridized carbons (Fsp3) is 0.895. The zero-order chi connectivity index (χ0) is 17.4. The molecular weight excluding hydrogens is 276 g/mol. The van der Waals surface area contributed by atoms with Crippen LogP contribution in [0.25, 0.3) is 0 Å². The van der Waals surface area contributed by atoms with Crippen molar-refractivity contribution in [3.8, 4) is 0 Å². The highest BCUT2D eigenvalue weighted by Crippen LogP contribution is 2.52. The number of carbonyl (C=O) groups excluding carboxylic acids is 2. The Hall–Kier alpha value is -0.860. The van der Waals surface area contributed by atoms with Crippen molar-refractivity contribution >= 4 is 11.9 Å². The summed E-state index contributed by atoms with van der Waals surface area (Å²) in [6.07, 6.45) is 4.05. The Bertz CT molecular complexity index is 450. The smallest absolute Gasteiger partial charge is 0.319 e. The van der Waals surface area contributed by atoms with Gasteiger partial charge >= 0.3 is 11.9 Å². The van der Waals surface area contributed by atoms with Gasteiger partial charge in [-0.25, -0.2) is 0 Å². The molecule has 1 fully saturated rings. The van der Waals surface area contributed by atoms with E-state index in [0.29, 0.717) is 12.8 Å². The molecule has 1 saturated heterocycles. The minimum atomic E-state index is -0.606. The first-order valence-electron chi connectivity index (χ1n) is 8.60. The Kier molecular flexibility index (Phi) is 5.21. The fourth-order valence-electron chi connectivity index (χ4n) is 3.40. The van der Waals surface area contributed by atoms with Crippen molar-refractivity contribution in [2.24, 2.45) is 21.7 Å². The summed E-state index contributed by atoms with van der Waals surface area (Å²) in [6.45, 7) is 16.7. The standard InChI is InChI=1S/C19H34O3/c1-9-16(3,4)13-18(7)11-12-19(8,17(5,6)10-2)15(21)22-14(18)20/h9-13H2,1-8H3. The van der Waals surface area contributed by atoms with Gasteiger partial charge in [0.15, 0.2) is 0 Å². The molecule has 0 bridgehead atoms. The van der Waals surface area contributed by atoms with E-state index in [0.717, 1.165) is 19.3 Å². The van der Waals surface area contributed by atoms with E-state index in [1.54, 1.807) is 0 Å². The molecule has 3 heteroatoms. The van der Waals surface area contributed by atoms with E-state index in [2.05, 4.69) is 41.5 Å². The van der Waals surface area contributed by atoms with Crippen LogP contribution >= 0.6 is 0 Å². The molecule has 0 saturated carbocycles. The third-order valence-corrected chi connectivity index (χ3v) is 6.51. The number of hydrogen-bond donors (Lipinski definition) is 0. The fourth-order valence-corrected chi connectivity index (χ4v) is 3.40. The van der Waals surface area contributed by atoms with Crippen LogP contribution in [0.4, 0.5) is 0 Å². The molecule has 3 nitrogen and oxygen atoms in total. The van der Waals surface area contributed by atoms with Gasteiger partial charge in [0.2, 0.25) is 0 Å². The molecule has 0 N–H and O–H groups in total. The van der Waals surface area contributed by atoms with E-state index in [9.17, 15) is 9.59 Å². The van der Waals surface area contributed by atoms with Crippen molar-refractivity contribution in [1.82, 2.24) is 0 Å². The molecule has 0 aliphatic carbocycles. The summed E-state index contributed by atoms with van der Waals surface area (Å²) >= 11 is 0. The maximum Gasteiger partial charge on any atom is 0.319 e. The van der Waals surface area contributed by atoms with Gasteiger partial charge in [-0.2, -0.15) is 0 Å². The third-order valence-electron chi connectivity index (χ3n) is 6.51. The zero-order valence-corrected chi connectivity index (χ0v) is 15.8. The first kappa shape index (κ1) is 19.2. The molecule has 0 aromatic heterocycles. The van der Waals surface area contributed by atoms with Gasteiger partial charge < -0.3 is 4.74 Å². The topological polar surface area (TPSA) is 43.4 Å². The maximum absolute atomic E-state index is 12.6. The van der Waals surface area contributed by atoms with Gasteiger partial charge in [-0.05, 0) is 50.4 Å². The Balaban J connectivity index is 3.14. The molecule has 2 unspecified atom stereocenters. The van der Waals surface area contributed by atoms with Crippen LogP contribution in [0.1, 0.15) is 87.5 Å². The van der Waals surface area contributed by atoms with Gasteiger partial charge in [-0.15, -0.1) is 0 Å². The lowest BCUT2D eigenvalue weighted by Gasteiger charge is -2.41. The highest BCUT2D eigenvalue weighted by Gasteiger charge is 2.54. The molecule has 1 aliphatic heterocycles. The molecule has 128 valence electrons. The number of rotatable bonds is 5. The molecule has 0 radical (unpaired) electrons. The van der Waals surface area contributed by atoms with Crippen LogP contribution in [-0.2, 0) is 14.3 Å². The van der Waals surface area contributed by atoms with E-state index >= 15 is 0 Å². The quantitative estimate of drug-likeness (QED) is 0.522. The predicted octanol–water partition coefficient (Wildman–Crippen LogP) is 5.13. The minimum Gasteiger partial charge on any atom is -0.392 e. The molecule has 22 heavy (non-hydrogen) atoms. The van der Waals surface area contributed by atoms with E-state index < -0.39 is 10.8 Å². The van der Waals surface area contributed by atoms with Gasteiger partial charge in [0.05, 0.1) is 10.8 Å². The van der Waals surface area contributed by atoms with Crippen LogP contribution in [0.3, 0.4) is 0 Å². The van der Waals surface area contributed by atoms with Crippen molar-refractivity contribution in [3.05, 3.63) is 0 Å². The molecule has 0 spiro atoms. The van der Waals surface area contributed by atoms with Crippen molar-refractivity contribution in [2.45, 2.75) is 87.5 Å². The van der Waals surface area contributed by atoms with Crippen LogP contribution in [0.15, 0.2) is 0 Å². The molecule has 1 aliphatic rings. The number of cyclic esters (lactones) is 2. The van der Waals surface area contributed by atoms with E-state index in [4.69, 9.17) is 4.74 Å². The largest absolute Gasteiger partial charge is 0.392 e. The van der Waals surface area contributed by atoms with Crippen molar-refractivity contribution in [2.75, 3.05) is 0 Å². The van der Waals surface area contributed by atoms with Crippen LogP contribution in [0, 0.1) is 21.7 Å². The average molecular weight is 310 g/mol. The van der Waals surface area contributed by atoms with Gasteiger partial charge in [-0.1, -0.05) is 48.0 Å². The van der Waals surface area contributed by atoms with E-state index in [-0.39, 0.29) is 22.8 Å². The highest BCUT2D eigenvalue weighted by atomic mass is 16.6. The number of esters is 2. The Morgan fingerprint density at radius 3 is 1.95 bits per heavy atom. The SMILES string of the molecule is CCC(C)(C)CC1(C)CCC(C)(C(C)(C)CC)C(=O)OC1=O. The first-order chi connectivity index (χ1) is 9.83. The predicted molar refractivity (Wildman–Crippen MR) is 89.3 cm³/mol. The summed E-state index contributed by atoms with van der Waals surface area (Å²) < 4.78 is 5.34. The summed E-state index contributed by atoms with van der Waals surface area (Å²) in [7, 11) is 0. The maximum atomic E-state index is 12.6. The van der Waals surface area contributed by atoms with Crippen molar-refractivity contribution in [1.29, 1.82) is 0 Å². The number of carbonyl (C=O) groups is 2. The summed E-state index contributed by atoms with van der Waals surface area (Å²) in [5.74, 6) is -0.683. The molecule has 0 aromatic carbocycles. The lowest BCUT2D eigenvalue weighted by Crippen LogP contribution is -2.42. The number of hydrogen-bond acceptors (Lipinski definition) is 3. The van der Waals surface area contributed by atoms with Crippen molar-refractivity contribution < 1.29 is 14.3 Å². The van der Waals surface area contributed by atoms with Crippen LogP contribution in [-0.4, -0.2) is 11.9 Å². The van der Waals surface area contributed by atoms with Gasteiger partial charge in [0.1, 0.15) is 0 Å². The lowest BCUT2D eigenvalue weighted by atomic mass is 9.61. The summed E-state index contributed by atoms with van der Waals surface area (Å²) in [5.41, 5.74) is -1.30. The summed E-state index contributed by atoms with van der Waals surface area (Å²) in [6, 6.07) is 0. The van der Waals surface area contributed by atoms with E-state index in [1.807, 2.05) is 13.8 Å². The third kappa shape index (κ3) is 3.38. The van der Waals surface area contributed by atoms with Crippen LogP contribution in [0.5, 0.6) is 0 Å². The number of ether oxygens (including phenoxy) is 1. The van der Waals surface area contributed by atoms with Crippen LogP contribution in [0.2, 0.25) is 0 Å². The lowest BCUT2D eigenvalue weighted by molar-refractivity contribution is -0.174. The van der Waals surface area contributed by atoms with Gasteiger partial charge in [0, 0.05) is 0 Å². The summed E-state index contributed by atoms with van der Waals surface area (Å²) in [5, 5.41) is 0. The molecule has 2 atom stereocenters. The minimum absolute atomic E-state index is 0.0673.